The highest BCUT2D eigenvalue weighted by atomic mass is 32.2. The molecule has 7 heteroatoms. The molecule has 0 saturated heterocycles. The molecule has 0 saturated carbocycles. The van der Waals surface area contributed by atoms with Crippen LogP contribution >= 0.6 is 11.8 Å². The second-order valence-electron chi connectivity index (χ2n) is 10.3. The number of nitrogens with one attached hydrogen (secondary N) is 2. The van der Waals surface area contributed by atoms with Gasteiger partial charge in [-0.05, 0) is 48.1 Å². The highest BCUT2D eigenvalue weighted by molar-refractivity contribution is 7.98. The van der Waals surface area contributed by atoms with Crippen molar-refractivity contribution < 1.29 is 19.5 Å². The number of para-hydroxylation sites is 1. The van der Waals surface area contributed by atoms with E-state index in [1.807, 2.05) is 121 Å². The predicted octanol–water partition coefficient (Wildman–Crippen LogP) is 6.24. The van der Waals surface area contributed by atoms with Crippen LogP contribution in [-0.4, -0.2) is 34.7 Å². The molecule has 3 atom stereocenters. The molecule has 0 aromatic heterocycles. The molecule has 6 nitrogen and oxygen atoms in total. The molecule has 42 heavy (non-hydrogen) atoms. The van der Waals surface area contributed by atoms with Crippen molar-refractivity contribution in [1.29, 1.82) is 0 Å². The lowest BCUT2D eigenvalue weighted by atomic mass is 9.84. The summed E-state index contributed by atoms with van der Waals surface area (Å²) in [5, 5.41) is 15.7. The van der Waals surface area contributed by atoms with Crippen LogP contribution in [0.3, 0.4) is 0 Å². The third-order valence-corrected chi connectivity index (χ3v) is 8.12. The minimum absolute atomic E-state index is 0.177. The lowest BCUT2D eigenvalue weighted by Gasteiger charge is -2.25. The first-order valence-corrected chi connectivity index (χ1v) is 15.2. The Morgan fingerprint density at radius 1 is 0.619 bits per heavy atom. The van der Waals surface area contributed by atoms with Crippen molar-refractivity contribution in [3.8, 4) is 0 Å². The summed E-state index contributed by atoms with van der Waals surface area (Å²) >= 11 is 1.46. The molecule has 2 amide bonds. The molecule has 0 aliphatic heterocycles. The molecule has 0 aliphatic carbocycles. The van der Waals surface area contributed by atoms with Crippen molar-refractivity contribution in [3.05, 3.63) is 138 Å². The standard InChI is InChI=1S/C35H36N2O4S/c38-33(36-31-19-11-4-12-20-31)29(21-26-13-5-1-6-14-26)23-30(22-27-15-7-2-8-16-27)34(39)37-32(35(40)41)25-42-24-28-17-9-3-10-18-28/h1-20,29-30,32H,21-25H2,(H,36,38)(H,37,39)(H,40,41)/t29?,30?,32-/m0/s1. The number of hydrogen-bond donors (Lipinski definition) is 3. The molecule has 0 spiro atoms. The van der Waals surface area contributed by atoms with Gasteiger partial charge in [0.25, 0.3) is 0 Å². The Labute approximate surface area is 251 Å². The van der Waals surface area contributed by atoms with Crippen LogP contribution < -0.4 is 10.6 Å². The second-order valence-corrected chi connectivity index (χ2v) is 11.3. The number of benzene rings is 4. The Balaban J connectivity index is 1.52. The maximum atomic E-state index is 13.7. The van der Waals surface area contributed by atoms with Gasteiger partial charge in [0.2, 0.25) is 11.8 Å². The monoisotopic (exact) mass is 580 g/mol. The molecule has 216 valence electrons. The number of carbonyl (C=O) groups excluding carboxylic acids is 2. The smallest absolute Gasteiger partial charge is 0.327 e. The lowest BCUT2D eigenvalue weighted by Crippen LogP contribution is -2.46. The van der Waals surface area contributed by atoms with E-state index in [0.29, 0.717) is 24.3 Å². The van der Waals surface area contributed by atoms with Crippen molar-refractivity contribution in [2.75, 3.05) is 11.1 Å². The number of thioether (sulfide) groups is 1. The van der Waals surface area contributed by atoms with E-state index in [0.717, 1.165) is 16.7 Å². The van der Waals surface area contributed by atoms with Crippen LogP contribution in [0.1, 0.15) is 23.1 Å². The summed E-state index contributed by atoms with van der Waals surface area (Å²) < 4.78 is 0. The summed E-state index contributed by atoms with van der Waals surface area (Å²) in [5.41, 5.74) is 3.72. The Morgan fingerprint density at radius 2 is 1.07 bits per heavy atom. The van der Waals surface area contributed by atoms with E-state index >= 15 is 0 Å². The first-order chi connectivity index (χ1) is 20.5. The lowest BCUT2D eigenvalue weighted by molar-refractivity contribution is -0.142. The first-order valence-electron chi connectivity index (χ1n) is 14.1. The minimum atomic E-state index is -1.08. The Morgan fingerprint density at radius 3 is 1.57 bits per heavy atom. The molecule has 4 aromatic carbocycles. The maximum Gasteiger partial charge on any atom is 0.327 e. The van der Waals surface area contributed by atoms with Crippen LogP contribution in [0.2, 0.25) is 0 Å². The molecule has 0 bridgehead atoms. The van der Waals surface area contributed by atoms with E-state index in [-0.39, 0.29) is 24.0 Å². The van der Waals surface area contributed by atoms with Gasteiger partial charge in [0.05, 0.1) is 0 Å². The van der Waals surface area contributed by atoms with Crippen molar-refractivity contribution in [1.82, 2.24) is 5.32 Å². The van der Waals surface area contributed by atoms with Gasteiger partial charge in [-0.3, -0.25) is 9.59 Å². The minimum Gasteiger partial charge on any atom is -0.480 e. The van der Waals surface area contributed by atoms with Crippen LogP contribution in [-0.2, 0) is 33.0 Å². The molecule has 0 heterocycles. The van der Waals surface area contributed by atoms with Gasteiger partial charge in [0.1, 0.15) is 6.04 Å². The second kappa shape index (κ2) is 16.2. The van der Waals surface area contributed by atoms with E-state index in [1.165, 1.54) is 11.8 Å². The molecular formula is C35H36N2O4S. The number of anilines is 1. The summed E-state index contributed by atoms with van der Waals surface area (Å²) in [6, 6.07) is 37.4. The van der Waals surface area contributed by atoms with Gasteiger partial charge < -0.3 is 15.7 Å². The molecule has 4 aromatic rings. The molecule has 3 N–H and O–H groups in total. The van der Waals surface area contributed by atoms with Crippen molar-refractivity contribution in [3.63, 3.8) is 0 Å². The van der Waals surface area contributed by atoms with Gasteiger partial charge in [0, 0.05) is 29.0 Å². The van der Waals surface area contributed by atoms with Gasteiger partial charge >= 0.3 is 5.97 Å². The van der Waals surface area contributed by atoms with E-state index in [4.69, 9.17) is 0 Å². The van der Waals surface area contributed by atoms with Crippen LogP contribution in [0, 0.1) is 11.8 Å². The molecule has 0 aliphatic rings. The molecule has 0 fully saturated rings. The average Bonchev–Trinajstić information content (AvgIpc) is 3.01. The number of carbonyl (C=O) groups is 3. The first kappa shape index (κ1) is 30.6. The molecule has 2 unspecified atom stereocenters. The van der Waals surface area contributed by atoms with Gasteiger partial charge in [-0.15, -0.1) is 0 Å². The van der Waals surface area contributed by atoms with Crippen molar-refractivity contribution in [2.45, 2.75) is 31.1 Å². The number of aliphatic carboxylic acids is 1. The van der Waals surface area contributed by atoms with Gasteiger partial charge in [-0.25, -0.2) is 4.79 Å². The van der Waals surface area contributed by atoms with Crippen LogP contribution in [0.15, 0.2) is 121 Å². The fourth-order valence-electron chi connectivity index (χ4n) is 4.81. The summed E-state index contributed by atoms with van der Waals surface area (Å²) in [7, 11) is 0. The summed E-state index contributed by atoms with van der Waals surface area (Å²) in [4.78, 5) is 39.5. The normalized spacial score (nSPS) is 13.0. The SMILES string of the molecule is O=C(Nc1ccccc1)C(Cc1ccccc1)CC(Cc1ccccc1)C(=O)N[C@@H](CSCc1ccccc1)C(=O)O. The third-order valence-electron chi connectivity index (χ3n) is 7.01. The summed E-state index contributed by atoms with van der Waals surface area (Å²) in [6.07, 6.45) is 1.10. The highest BCUT2D eigenvalue weighted by Crippen LogP contribution is 2.24. The Bertz CT molecular complexity index is 1400. The van der Waals surface area contributed by atoms with Gasteiger partial charge in [-0.1, -0.05) is 109 Å². The Hall–Kier alpha value is -4.36. The summed E-state index contributed by atoms with van der Waals surface area (Å²) in [5.74, 6) is -1.86. The largest absolute Gasteiger partial charge is 0.480 e. The zero-order valence-corrected chi connectivity index (χ0v) is 24.2. The quantitative estimate of drug-likeness (QED) is 0.155. The fraction of sp³-hybridized carbons (Fsp3) is 0.229. The Kier molecular flexibility index (Phi) is 11.8. The summed E-state index contributed by atoms with van der Waals surface area (Å²) in [6.45, 7) is 0. The highest BCUT2D eigenvalue weighted by Gasteiger charge is 2.31. The topological polar surface area (TPSA) is 95.5 Å². The number of amides is 2. The molecule has 4 rings (SSSR count). The van der Waals surface area contributed by atoms with E-state index < -0.39 is 23.8 Å². The maximum absolute atomic E-state index is 13.7. The van der Waals surface area contributed by atoms with Crippen LogP contribution in [0.5, 0.6) is 0 Å². The van der Waals surface area contributed by atoms with E-state index in [9.17, 15) is 19.5 Å². The van der Waals surface area contributed by atoms with Crippen molar-refractivity contribution >= 4 is 35.2 Å². The average molecular weight is 581 g/mol. The molecular weight excluding hydrogens is 544 g/mol. The van der Waals surface area contributed by atoms with E-state index in [2.05, 4.69) is 10.6 Å². The van der Waals surface area contributed by atoms with E-state index in [1.54, 1.807) is 0 Å². The number of carboxylic acids is 1. The third kappa shape index (κ3) is 9.93. The molecule has 0 radical (unpaired) electrons. The zero-order valence-electron chi connectivity index (χ0n) is 23.4. The number of carboxylic acid groups (broad SMARTS) is 1. The number of rotatable bonds is 15. The zero-order chi connectivity index (χ0) is 29.6. The van der Waals surface area contributed by atoms with Crippen molar-refractivity contribution in [2.24, 2.45) is 11.8 Å². The van der Waals surface area contributed by atoms with Gasteiger partial charge in [0.15, 0.2) is 0 Å². The predicted molar refractivity (Wildman–Crippen MR) is 169 cm³/mol. The van der Waals surface area contributed by atoms with Gasteiger partial charge in [-0.2, -0.15) is 11.8 Å². The number of hydrogen-bond acceptors (Lipinski definition) is 4. The fourth-order valence-corrected chi connectivity index (χ4v) is 5.81. The van der Waals surface area contributed by atoms with Crippen LogP contribution in [0.4, 0.5) is 5.69 Å². The van der Waals surface area contributed by atoms with Crippen LogP contribution in [0.25, 0.3) is 0 Å².